The Bertz CT molecular complexity index is 1780. The minimum Gasteiger partial charge on any atom is -0.439 e. The molecule has 0 aliphatic rings. The number of ether oxygens (including phenoxy) is 3. The van der Waals surface area contributed by atoms with Crippen molar-refractivity contribution in [3.05, 3.63) is 83.4 Å². The number of imide groups is 1. The summed E-state index contributed by atoms with van der Waals surface area (Å²) in [6.45, 7) is 0. The van der Waals surface area contributed by atoms with Gasteiger partial charge in [0.2, 0.25) is 15.7 Å². The van der Waals surface area contributed by atoms with Crippen molar-refractivity contribution in [1.82, 2.24) is 10.3 Å². The number of hydrogen-bond acceptors (Lipinski definition) is 9. The number of sulfone groups is 1. The van der Waals surface area contributed by atoms with Gasteiger partial charge in [0.1, 0.15) is 5.75 Å². The van der Waals surface area contributed by atoms with Gasteiger partial charge in [0.15, 0.2) is 11.5 Å². The van der Waals surface area contributed by atoms with Crippen LogP contribution in [-0.2, 0) is 24.7 Å². The van der Waals surface area contributed by atoms with Crippen LogP contribution >= 0.6 is 0 Å². The SMILES string of the molecule is O=C(NC(=O)C(F)(F)F)Oc1ccc(/C=C/S(=O)(=O)C(F)(F)c2ccc(Oc3ccccn3)cc2)cc1OC(=O)C(F)(F)C(F)(F)F. The zero-order chi connectivity index (χ0) is 35.4. The maximum Gasteiger partial charge on any atom is 0.471 e. The molecule has 252 valence electrons. The van der Waals surface area contributed by atoms with Crippen LogP contribution in [0, 0.1) is 0 Å². The highest BCUT2D eigenvalue weighted by Gasteiger charge is 2.65. The number of nitrogens with zero attached hydrogens (tertiary/aromatic N) is 1. The highest BCUT2D eigenvalue weighted by Crippen LogP contribution is 2.40. The van der Waals surface area contributed by atoms with E-state index in [2.05, 4.69) is 14.5 Å². The predicted octanol–water partition coefficient (Wildman–Crippen LogP) is 6.29. The predicted molar refractivity (Wildman–Crippen MR) is 136 cm³/mol. The molecule has 2 aromatic carbocycles. The van der Waals surface area contributed by atoms with Crippen LogP contribution in [0.1, 0.15) is 11.1 Å². The molecule has 0 fully saturated rings. The molecule has 0 bridgehead atoms. The van der Waals surface area contributed by atoms with E-state index in [1.165, 1.54) is 12.3 Å². The minimum absolute atomic E-state index is 0.00636. The molecular formula is C26H14F10N2O8S. The summed E-state index contributed by atoms with van der Waals surface area (Å²) in [4.78, 5) is 38.0. The summed E-state index contributed by atoms with van der Waals surface area (Å²) in [6.07, 6.45) is -12.7. The molecule has 0 aliphatic heterocycles. The molecule has 0 unspecified atom stereocenters. The Labute approximate surface area is 255 Å². The maximum absolute atomic E-state index is 15.0. The number of amides is 2. The number of carbonyl (C=O) groups excluding carboxylic acids is 3. The summed E-state index contributed by atoms with van der Waals surface area (Å²) in [7, 11) is -5.60. The largest absolute Gasteiger partial charge is 0.471 e. The Morgan fingerprint density at radius 1 is 0.787 bits per heavy atom. The van der Waals surface area contributed by atoms with Crippen molar-refractivity contribution >= 4 is 33.9 Å². The lowest BCUT2D eigenvalue weighted by molar-refractivity contribution is -0.276. The van der Waals surface area contributed by atoms with Crippen LogP contribution in [0.4, 0.5) is 48.7 Å². The second-order valence-corrected chi connectivity index (χ2v) is 10.5. The van der Waals surface area contributed by atoms with Crippen LogP contribution in [0.3, 0.4) is 0 Å². The van der Waals surface area contributed by atoms with Gasteiger partial charge in [-0.3, -0.25) is 10.1 Å². The van der Waals surface area contributed by atoms with Crippen LogP contribution in [0.15, 0.2) is 72.3 Å². The molecule has 3 rings (SSSR count). The lowest BCUT2D eigenvalue weighted by Gasteiger charge is -2.19. The third kappa shape index (κ3) is 8.74. The van der Waals surface area contributed by atoms with Crippen molar-refractivity contribution in [2.24, 2.45) is 0 Å². The van der Waals surface area contributed by atoms with Gasteiger partial charge < -0.3 is 14.2 Å². The van der Waals surface area contributed by atoms with E-state index in [4.69, 9.17) is 4.74 Å². The zero-order valence-electron chi connectivity index (χ0n) is 22.4. The van der Waals surface area contributed by atoms with E-state index in [-0.39, 0.29) is 23.1 Å². The van der Waals surface area contributed by atoms with Gasteiger partial charge in [0.05, 0.1) is 0 Å². The first-order valence-corrected chi connectivity index (χ1v) is 13.5. The van der Waals surface area contributed by atoms with Gasteiger partial charge in [-0.25, -0.2) is 23.0 Å². The number of esters is 1. The fraction of sp³-hybridized carbons (Fsp3) is 0.154. The second kappa shape index (κ2) is 13.3. The molecule has 3 aromatic rings. The molecule has 21 heteroatoms. The van der Waals surface area contributed by atoms with E-state index in [1.807, 2.05) is 0 Å². The molecule has 0 spiro atoms. The Hall–Kier alpha value is -5.21. The maximum atomic E-state index is 15.0. The average Bonchev–Trinajstić information content (AvgIpc) is 2.96. The number of benzene rings is 2. The van der Waals surface area contributed by atoms with E-state index < -0.39 is 74.0 Å². The number of carbonyl (C=O) groups is 3. The lowest BCUT2D eigenvalue weighted by Crippen LogP contribution is -2.46. The summed E-state index contributed by atoms with van der Waals surface area (Å²) in [6, 6.07) is 9.18. The van der Waals surface area contributed by atoms with E-state index in [9.17, 15) is 66.7 Å². The molecule has 0 atom stereocenters. The first-order chi connectivity index (χ1) is 21.5. The van der Waals surface area contributed by atoms with Crippen LogP contribution in [-0.4, -0.2) is 49.6 Å². The first-order valence-electron chi connectivity index (χ1n) is 12.0. The number of pyridine rings is 1. The van der Waals surface area contributed by atoms with Crippen LogP contribution in [0.2, 0.25) is 0 Å². The van der Waals surface area contributed by atoms with Crippen LogP contribution in [0.25, 0.3) is 6.08 Å². The molecule has 47 heavy (non-hydrogen) atoms. The molecular weight excluding hydrogens is 690 g/mol. The molecule has 1 N–H and O–H groups in total. The van der Waals surface area contributed by atoms with Gasteiger partial charge in [-0.15, -0.1) is 0 Å². The number of nitrogens with one attached hydrogen (secondary N) is 1. The van der Waals surface area contributed by atoms with E-state index in [0.717, 1.165) is 12.1 Å². The Morgan fingerprint density at radius 2 is 1.43 bits per heavy atom. The molecule has 0 saturated carbocycles. The van der Waals surface area contributed by atoms with E-state index in [0.29, 0.717) is 35.7 Å². The topological polar surface area (TPSA) is 138 Å². The molecule has 2 amide bonds. The number of alkyl halides is 10. The molecule has 1 heterocycles. The van der Waals surface area contributed by atoms with Crippen LogP contribution < -0.4 is 19.5 Å². The molecule has 1 aromatic heterocycles. The van der Waals surface area contributed by atoms with Crippen molar-refractivity contribution in [1.29, 1.82) is 0 Å². The number of halogens is 10. The molecule has 10 nitrogen and oxygen atoms in total. The monoisotopic (exact) mass is 704 g/mol. The third-order valence-electron chi connectivity index (χ3n) is 5.31. The van der Waals surface area contributed by atoms with Gasteiger partial charge >= 0.3 is 41.5 Å². The van der Waals surface area contributed by atoms with Crippen molar-refractivity contribution in [2.75, 3.05) is 0 Å². The third-order valence-corrected chi connectivity index (χ3v) is 6.75. The fourth-order valence-electron chi connectivity index (χ4n) is 3.02. The van der Waals surface area contributed by atoms with Crippen molar-refractivity contribution in [3.63, 3.8) is 0 Å². The average molecular weight is 704 g/mol. The highest BCUT2D eigenvalue weighted by molar-refractivity contribution is 7.95. The van der Waals surface area contributed by atoms with Gasteiger partial charge in [-0.2, -0.15) is 43.9 Å². The summed E-state index contributed by atoms with van der Waals surface area (Å²) >= 11 is 0. The van der Waals surface area contributed by atoms with Crippen LogP contribution in [0.5, 0.6) is 23.1 Å². The van der Waals surface area contributed by atoms with Gasteiger partial charge in [0, 0.05) is 23.2 Å². The smallest absolute Gasteiger partial charge is 0.439 e. The summed E-state index contributed by atoms with van der Waals surface area (Å²) in [5.74, 6) is -15.3. The van der Waals surface area contributed by atoms with Crippen molar-refractivity contribution in [2.45, 2.75) is 23.5 Å². The highest BCUT2D eigenvalue weighted by atomic mass is 32.2. The first kappa shape index (κ1) is 36.3. The Morgan fingerprint density at radius 3 is 1.98 bits per heavy atom. The Kier molecular flexibility index (Phi) is 10.2. The minimum atomic E-state index is -6.53. The molecule has 0 aliphatic carbocycles. The van der Waals surface area contributed by atoms with Crippen molar-refractivity contribution < 1.29 is 80.9 Å². The second-order valence-electron chi connectivity index (χ2n) is 8.67. The van der Waals surface area contributed by atoms with Crippen molar-refractivity contribution in [3.8, 4) is 23.1 Å². The molecule has 0 saturated heterocycles. The van der Waals surface area contributed by atoms with Gasteiger partial charge in [-0.1, -0.05) is 12.1 Å². The number of hydrogen-bond donors (Lipinski definition) is 1. The summed E-state index contributed by atoms with van der Waals surface area (Å²) < 4.78 is 170. The summed E-state index contributed by atoms with van der Waals surface area (Å²) in [5.41, 5.74) is -1.75. The Balaban J connectivity index is 1.90. The lowest BCUT2D eigenvalue weighted by atomic mass is 10.2. The van der Waals surface area contributed by atoms with Gasteiger partial charge in [-0.05, 0) is 54.1 Å². The number of aromatic nitrogens is 1. The standard InChI is InChI=1S/C26H14F10N2O8S/c27-23(28,26(34,35)36)21(40)45-18-13-14(4-9-17(18)46-22(41)38-20(39)24(29,30)31)10-12-47(42,43)25(32,33)15-5-7-16(8-6-15)44-19-3-1-2-11-37-19/h1-13H,(H,38,39,41)/b12-10+. The normalized spacial score (nSPS) is 12.8. The van der Waals surface area contributed by atoms with E-state index in [1.54, 1.807) is 12.1 Å². The summed E-state index contributed by atoms with van der Waals surface area (Å²) in [5, 5.41) is -4.13. The quantitative estimate of drug-likeness (QED) is 0.155. The van der Waals surface area contributed by atoms with Gasteiger partial charge in [0.25, 0.3) is 0 Å². The fourth-order valence-corrected chi connectivity index (χ4v) is 4.00. The van der Waals surface area contributed by atoms with E-state index >= 15 is 0 Å². The molecule has 0 radical (unpaired) electrons. The zero-order valence-corrected chi connectivity index (χ0v) is 23.2. The number of rotatable bonds is 9.